The van der Waals surface area contributed by atoms with E-state index in [2.05, 4.69) is 10.6 Å². The predicted octanol–water partition coefficient (Wildman–Crippen LogP) is 0.503. The first-order valence-corrected chi connectivity index (χ1v) is 7.50. The molecule has 0 bridgehead atoms. The minimum atomic E-state index is -0.255. The molecule has 0 saturated carbocycles. The molecule has 2 amide bonds. The Bertz CT molecular complexity index is 327. The average molecular weight is 267 g/mol. The van der Waals surface area contributed by atoms with Crippen LogP contribution in [0.1, 0.15) is 39.0 Å². The third-order valence-corrected chi connectivity index (χ3v) is 4.26. The summed E-state index contributed by atoms with van der Waals surface area (Å²) in [4.78, 5) is 25.8. The average Bonchev–Trinajstić information content (AvgIpc) is 2.45. The van der Waals surface area contributed by atoms with E-state index in [1.165, 1.54) is 12.8 Å². The highest BCUT2D eigenvalue weighted by atomic mass is 16.2. The lowest BCUT2D eigenvalue weighted by Gasteiger charge is -2.35. The van der Waals surface area contributed by atoms with E-state index in [1.54, 1.807) is 4.90 Å². The van der Waals surface area contributed by atoms with Gasteiger partial charge in [0.05, 0.1) is 0 Å². The Labute approximate surface area is 115 Å². The Morgan fingerprint density at radius 1 is 1.32 bits per heavy atom. The molecule has 0 spiro atoms. The maximum absolute atomic E-state index is 12.3. The molecular formula is C14H25N3O2. The normalized spacial score (nSPS) is 25.2. The molecule has 0 aromatic heterocycles. The van der Waals surface area contributed by atoms with Crippen molar-refractivity contribution < 1.29 is 9.59 Å². The number of piperidine rings is 1. The molecule has 5 nitrogen and oxygen atoms in total. The fourth-order valence-electron chi connectivity index (χ4n) is 3.06. The quantitative estimate of drug-likeness (QED) is 0.780. The molecule has 108 valence electrons. The van der Waals surface area contributed by atoms with E-state index in [0.717, 1.165) is 19.5 Å². The van der Waals surface area contributed by atoms with Crippen molar-refractivity contribution in [1.82, 2.24) is 15.5 Å². The third kappa shape index (κ3) is 3.69. The molecule has 0 aromatic rings. The van der Waals surface area contributed by atoms with Crippen molar-refractivity contribution in [1.29, 1.82) is 0 Å². The molecule has 1 atom stereocenters. The summed E-state index contributed by atoms with van der Waals surface area (Å²) in [6.45, 7) is 5.36. The largest absolute Gasteiger partial charge is 0.353 e. The number of amides is 2. The van der Waals surface area contributed by atoms with Gasteiger partial charge in [0, 0.05) is 19.5 Å². The van der Waals surface area contributed by atoms with Crippen molar-refractivity contribution in [3.8, 4) is 0 Å². The lowest BCUT2D eigenvalue weighted by Crippen LogP contribution is -2.56. The number of carbonyl (C=O) groups excluding carboxylic acids is 2. The van der Waals surface area contributed by atoms with Gasteiger partial charge in [0.25, 0.3) is 0 Å². The first-order valence-electron chi connectivity index (χ1n) is 7.50. The van der Waals surface area contributed by atoms with Crippen LogP contribution in [0.3, 0.4) is 0 Å². The Balaban J connectivity index is 1.82. The van der Waals surface area contributed by atoms with Crippen molar-refractivity contribution >= 4 is 11.8 Å². The topological polar surface area (TPSA) is 61.4 Å². The van der Waals surface area contributed by atoms with Crippen molar-refractivity contribution in [2.24, 2.45) is 5.92 Å². The van der Waals surface area contributed by atoms with Crippen LogP contribution >= 0.6 is 0 Å². The van der Waals surface area contributed by atoms with Crippen LogP contribution in [0.15, 0.2) is 0 Å². The molecule has 2 fully saturated rings. The van der Waals surface area contributed by atoms with Gasteiger partial charge in [-0.2, -0.15) is 0 Å². The Kier molecular flexibility index (Phi) is 5.19. The highest BCUT2D eigenvalue weighted by molar-refractivity contribution is 5.88. The smallest absolute Gasteiger partial charge is 0.242 e. The van der Waals surface area contributed by atoms with Crippen LogP contribution in [-0.4, -0.2) is 48.9 Å². The number of nitrogens with one attached hydrogen (secondary N) is 2. The predicted molar refractivity (Wildman–Crippen MR) is 73.6 cm³/mol. The van der Waals surface area contributed by atoms with Crippen LogP contribution in [0.5, 0.6) is 0 Å². The molecule has 19 heavy (non-hydrogen) atoms. The number of hydrogen-bond donors (Lipinski definition) is 2. The molecule has 2 heterocycles. The maximum Gasteiger partial charge on any atom is 0.242 e. The van der Waals surface area contributed by atoms with Gasteiger partial charge in [-0.05, 0) is 44.7 Å². The van der Waals surface area contributed by atoms with E-state index in [1.807, 2.05) is 6.92 Å². The summed E-state index contributed by atoms with van der Waals surface area (Å²) < 4.78 is 0. The Morgan fingerprint density at radius 2 is 2.05 bits per heavy atom. The van der Waals surface area contributed by atoms with E-state index in [4.69, 9.17) is 0 Å². The van der Waals surface area contributed by atoms with Crippen LogP contribution < -0.4 is 10.6 Å². The zero-order valence-electron chi connectivity index (χ0n) is 11.8. The first-order chi connectivity index (χ1) is 9.22. The standard InChI is InChI=1S/C14H25N3O2/c1-2-12-14(19)16-9-10-17(12)13(18)4-3-11-5-7-15-8-6-11/h11-12,15H,2-10H2,1H3,(H,16,19). The summed E-state index contributed by atoms with van der Waals surface area (Å²) in [5.41, 5.74) is 0. The molecule has 2 rings (SSSR count). The molecule has 2 saturated heterocycles. The van der Waals surface area contributed by atoms with E-state index in [-0.39, 0.29) is 17.9 Å². The summed E-state index contributed by atoms with van der Waals surface area (Å²) in [5, 5.41) is 6.17. The van der Waals surface area contributed by atoms with Crippen LogP contribution in [0.25, 0.3) is 0 Å². The van der Waals surface area contributed by atoms with Gasteiger partial charge in [0.1, 0.15) is 6.04 Å². The van der Waals surface area contributed by atoms with Gasteiger partial charge in [-0.25, -0.2) is 0 Å². The molecule has 0 radical (unpaired) electrons. The lowest BCUT2D eigenvalue weighted by atomic mass is 9.93. The highest BCUT2D eigenvalue weighted by Gasteiger charge is 2.31. The zero-order chi connectivity index (χ0) is 13.7. The third-order valence-electron chi connectivity index (χ3n) is 4.26. The second-order valence-corrected chi connectivity index (χ2v) is 5.53. The van der Waals surface area contributed by atoms with Gasteiger partial charge in [-0.15, -0.1) is 0 Å². The summed E-state index contributed by atoms with van der Waals surface area (Å²) >= 11 is 0. The zero-order valence-corrected chi connectivity index (χ0v) is 11.8. The summed E-state index contributed by atoms with van der Waals surface area (Å²) in [6.07, 6.45) is 4.60. The van der Waals surface area contributed by atoms with Crippen LogP contribution in [0.4, 0.5) is 0 Å². The highest BCUT2D eigenvalue weighted by Crippen LogP contribution is 2.19. The second kappa shape index (κ2) is 6.89. The summed E-state index contributed by atoms with van der Waals surface area (Å²) in [6, 6.07) is -0.255. The van der Waals surface area contributed by atoms with Crippen LogP contribution in [0.2, 0.25) is 0 Å². The molecule has 5 heteroatoms. The molecule has 2 aliphatic rings. The molecule has 2 N–H and O–H groups in total. The molecule has 1 unspecified atom stereocenters. The summed E-state index contributed by atoms with van der Waals surface area (Å²) in [5.74, 6) is 0.827. The van der Waals surface area contributed by atoms with Gasteiger partial charge in [-0.3, -0.25) is 9.59 Å². The lowest BCUT2D eigenvalue weighted by molar-refractivity contribution is -0.143. The molecule has 2 aliphatic heterocycles. The number of carbonyl (C=O) groups is 2. The van der Waals surface area contributed by atoms with Gasteiger partial charge in [0.2, 0.25) is 11.8 Å². The Morgan fingerprint density at radius 3 is 2.74 bits per heavy atom. The minimum absolute atomic E-state index is 0.00367. The van der Waals surface area contributed by atoms with E-state index in [9.17, 15) is 9.59 Å². The SMILES string of the molecule is CCC1C(=O)NCCN1C(=O)CCC1CCNCC1. The van der Waals surface area contributed by atoms with Crippen molar-refractivity contribution in [3.63, 3.8) is 0 Å². The van der Waals surface area contributed by atoms with Gasteiger partial charge >= 0.3 is 0 Å². The second-order valence-electron chi connectivity index (χ2n) is 5.53. The van der Waals surface area contributed by atoms with Gasteiger partial charge < -0.3 is 15.5 Å². The van der Waals surface area contributed by atoms with Crippen molar-refractivity contribution in [2.45, 2.75) is 45.1 Å². The number of nitrogens with zero attached hydrogens (tertiary/aromatic N) is 1. The monoisotopic (exact) mass is 267 g/mol. The molecular weight excluding hydrogens is 242 g/mol. The van der Waals surface area contributed by atoms with E-state index >= 15 is 0 Å². The van der Waals surface area contributed by atoms with E-state index < -0.39 is 0 Å². The fraction of sp³-hybridized carbons (Fsp3) is 0.857. The van der Waals surface area contributed by atoms with Crippen molar-refractivity contribution in [3.05, 3.63) is 0 Å². The number of hydrogen-bond acceptors (Lipinski definition) is 3. The maximum atomic E-state index is 12.3. The van der Waals surface area contributed by atoms with Crippen LogP contribution in [0, 0.1) is 5.92 Å². The van der Waals surface area contributed by atoms with Crippen LogP contribution in [-0.2, 0) is 9.59 Å². The summed E-state index contributed by atoms with van der Waals surface area (Å²) in [7, 11) is 0. The van der Waals surface area contributed by atoms with E-state index in [0.29, 0.717) is 31.8 Å². The fourth-order valence-corrected chi connectivity index (χ4v) is 3.06. The first kappa shape index (κ1) is 14.3. The Hall–Kier alpha value is -1.10. The number of rotatable bonds is 4. The molecule has 0 aromatic carbocycles. The van der Waals surface area contributed by atoms with Crippen molar-refractivity contribution in [2.75, 3.05) is 26.2 Å². The van der Waals surface area contributed by atoms with Gasteiger partial charge in [-0.1, -0.05) is 6.92 Å². The minimum Gasteiger partial charge on any atom is -0.353 e. The van der Waals surface area contributed by atoms with Gasteiger partial charge in [0.15, 0.2) is 0 Å². The molecule has 0 aliphatic carbocycles. The number of piperazine rings is 1.